The van der Waals surface area contributed by atoms with E-state index >= 15 is 0 Å². The molecule has 1 aliphatic heterocycles. The fourth-order valence-electron chi connectivity index (χ4n) is 3.67. The molecule has 0 saturated carbocycles. The van der Waals surface area contributed by atoms with Gasteiger partial charge >= 0.3 is 0 Å². The first-order chi connectivity index (χ1) is 16.6. The molecule has 0 spiro atoms. The quantitative estimate of drug-likeness (QED) is 0.367. The van der Waals surface area contributed by atoms with E-state index in [1.54, 1.807) is 35.2 Å². The molecule has 35 heavy (non-hydrogen) atoms. The zero-order valence-corrected chi connectivity index (χ0v) is 21.6. The summed E-state index contributed by atoms with van der Waals surface area (Å²) in [5.74, 6) is 0.0126. The molecule has 3 heterocycles. The smallest absolute Gasteiger partial charge is 0.293 e. The molecule has 186 valence electrons. The van der Waals surface area contributed by atoms with E-state index in [1.807, 2.05) is 6.07 Å². The molecule has 1 N–H and O–H groups in total. The fraction of sp³-hybridized carbons (Fsp3) is 0.458. The van der Waals surface area contributed by atoms with Gasteiger partial charge in [-0.15, -0.1) is 0 Å². The van der Waals surface area contributed by atoms with E-state index in [-0.39, 0.29) is 10.9 Å². The highest BCUT2D eigenvalue weighted by molar-refractivity contribution is 6.74. The largest absolute Gasteiger partial charge is 0.462 e. The summed E-state index contributed by atoms with van der Waals surface area (Å²) in [6.45, 7) is 11.6. The zero-order chi connectivity index (χ0) is 25.2. The van der Waals surface area contributed by atoms with Crippen LogP contribution in [0.5, 0.6) is 0 Å². The molecular formula is C24H31N5O5Si. The van der Waals surface area contributed by atoms with E-state index in [0.717, 1.165) is 0 Å². The van der Waals surface area contributed by atoms with Gasteiger partial charge < -0.3 is 19.2 Å². The average Bonchev–Trinajstić information content (AvgIpc) is 3.42. The lowest BCUT2D eigenvalue weighted by molar-refractivity contribution is -0.137. The standard InChI is InChI=1S/C24H31N5O5Si/c1-24(2,3)35(4,5)33-12-18-17(32-15-30)11-19(34-18)29-14-27-20-21(25-13-26-22(20)29)28-23(31)16-9-7-6-8-10-16/h6-10,13-15,17-19H,11-12H2,1-5H3,(H,25,26,28,31)/t17-,18+,19+/m0/s1. The van der Waals surface area contributed by atoms with Crippen molar-refractivity contribution in [1.29, 1.82) is 0 Å². The Bertz CT molecular complexity index is 1190. The summed E-state index contributed by atoms with van der Waals surface area (Å²) in [4.78, 5) is 36.8. The number of aromatic nitrogens is 4. The second kappa shape index (κ2) is 9.84. The van der Waals surface area contributed by atoms with Crippen LogP contribution in [0.25, 0.3) is 11.2 Å². The Kier molecular flexibility index (Phi) is 7.02. The summed E-state index contributed by atoms with van der Waals surface area (Å²) in [7, 11) is -2.01. The first-order valence-electron chi connectivity index (χ1n) is 11.5. The lowest BCUT2D eigenvalue weighted by atomic mass is 10.2. The van der Waals surface area contributed by atoms with E-state index in [4.69, 9.17) is 13.9 Å². The maximum Gasteiger partial charge on any atom is 0.293 e. The summed E-state index contributed by atoms with van der Waals surface area (Å²) < 4.78 is 19.7. The van der Waals surface area contributed by atoms with Crippen LogP contribution < -0.4 is 5.32 Å². The SMILES string of the molecule is CC(C)(C)[Si](C)(C)OC[C@H]1O[C@@H](n2cnc3c(NC(=O)c4ccccc4)ncnc32)C[C@@H]1OC=O. The highest BCUT2D eigenvalue weighted by atomic mass is 28.4. The van der Waals surface area contributed by atoms with Gasteiger partial charge in [-0.2, -0.15) is 0 Å². The van der Waals surface area contributed by atoms with Crippen molar-refractivity contribution in [3.8, 4) is 0 Å². The number of amides is 1. The number of nitrogens with one attached hydrogen (secondary N) is 1. The minimum absolute atomic E-state index is 0.0457. The van der Waals surface area contributed by atoms with Gasteiger partial charge in [-0.1, -0.05) is 39.0 Å². The third kappa shape index (κ3) is 5.26. The summed E-state index contributed by atoms with van der Waals surface area (Å²) in [5, 5.41) is 2.85. The number of carbonyl (C=O) groups is 2. The lowest BCUT2D eigenvalue weighted by Crippen LogP contribution is -2.44. The van der Waals surface area contributed by atoms with Crippen LogP contribution in [-0.2, 0) is 18.7 Å². The van der Waals surface area contributed by atoms with Gasteiger partial charge in [0.1, 0.15) is 24.8 Å². The Labute approximate surface area is 205 Å². The molecule has 0 aliphatic carbocycles. The molecule has 11 heteroatoms. The van der Waals surface area contributed by atoms with Crippen LogP contribution in [-0.4, -0.2) is 59.0 Å². The Morgan fingerprint density at radius 1 is 1.23 bits per heavy atom. The van der Waals surface area contributed by atoms with Crippen molar-refractivity contribution in [3.05, 3.63) is 48.5 Å². The minimum atomic E-state index is -2.01. The number of hydrogen-bond donors (Lipinski definition) is 1. The lowest BCUT2D eigenvalue weighted by Gasteiger charge is -2.37. The summed E-state index contributed by atoms with van der Waals surface area (Å²) in [6.07, 6.45) is 2.04. The van der Waals surface area contributed by atoms with Crippen LogP contribution in [0.15, 0.2) is 43.0 Å². The van der Waals surface area contributed by atoms with Gasteiger partial charge in [0.05, 0.1) is 12.9 Å². The molecule has 2 aromatic heterocycles. The normalized spacial score (nSPS) is 20.7. The first-order valence-corrected chi connectivity index (χ1v) is 14.4. The summed E-state index contributed by atoms with van der Waals surface area (Å²) in [6, 6.07) is 8.87. The monoisotopic (exact) mass is 497 g/mol. The van der Waals surface area contributed by atoms with E-state index in [2.05, 4.69) is 54.1 Å². The highest BCUT2D eigenvalue weighted by Crippen LogP contribution is 2.38. The number of nitrogens with zero attached hydrogens (tertiary/aromatic N) is 4. The Hall–Kier alpha value is -3.15. The molecule has 1 aliphatic rings. The predicted molar refractivity (Wildman–Crippen MR) is 132 cm³/mol. The van der Waals surface area contributed by atoms with Crippen LogP contribution in [0.3, 0.4) is 0 Å². The second-order valence-corrected chi connectivity index (χ2v) is 14.9. The number of rotatable bonds is 8. The van der Waals surface area contributed by atoms with E-state index in [0.29, 0.717) is 42.0 Å². The van der Waals surface area contributed by atoms with Crippen LogP contribution in [0, 0.1) is 0 Å². The van der Waals surface area contributed by atoms with E-state index in [9.17, 15) is 9.59 Å². The Morgan fingerprint density at radius 3 is 2.66 bits per heavy atom. The molecule has 1 aromatic carbocycles. The van der Waals surface area contributed by atoms with E-state index < -0.39 is 26.8 Å². The summed E-state index contributed by atoms with van der Waals surface area (Å²) >= 11 is 0. The number of benzene rings is 1. The van der Waals surface area contributed by atoms with Crippen LogP contribution in [0.2, 0.25) is 18.1 Å². The van der Waals surface area contributed by atoms with Crippen LogP contribution in [0.1, 0.15) is 43.8 Å². The third-order valence-electron chi connectivity index (χ3n) is 6.76. The molecule has 0 radical (unpaired) electrons. The number of hydrogen-bond acceptors (Lipinski definition) is 8. The van der Waals surface area contributed by atoms with Gasteiger partial charge in [-0.05, 0) is 30.3 Å². The van der Waals surface area contributed by atoms with Gasteiger partial charge in [0, 0.05) is 12.0 Å². The van der Waals surface area contributed by atoms with Gasteiger partial charge in [-0.3, -0.25) is 14.2 Å². The van der Waals surface area contributed by atoms with Gasteiger partial charge in [0.2, 0.25) is 0 Å². The number of anilines is 1. The molecule has 3 aromatic rings. The molecular weight excluding hydrogens is 466 g/mol. The maximum absolute atomic E-state index is 12.6. The van der Waals surface area contributed by atoms with Crippen molar-refractivity contribution < 1.29 is 23.5 Å². The van der Waals surface area contributed by atoms with E-state index in [1.165, 1.54) is 6.33 Å². The van der Waals surface area contributed by atoms with Gasteiger partial charge in [-0.25, -0.2) is 15.0 Å². The first kappa shape index (κ1) is 25.0. The minimum Gasteiger partial charge on any atom is -0.462 e. The topological polar surface area (TPSA) is 117 Å². The van der Waals surface area contributed by atoms with Crippen molar-refractivity contribution >= 4 is 37.7 Å². The molecule has 1 saturated heterocycles. The van der Waals surface area contributed by atoms with Crippen molar-refractivity contribution in [2.75, 3.05) is 11.9 Å². The van der Waals surface area contributed by atoms with Crippen LogP contribution in [0.4, 0.5) is 5.82 Å². The van der Waals surface area contributed by atoms with Gasteiger partial charge in [0.25, 0.3) is 12.4 Å². The van der Waals surface area contributed by atoms with Crippen molar-refractivity contribution in [1.82, 2.24) is 19.5 Å². The molecule has 1 amide bonds. The maximum atomic E-state index is 12.6. The number of fused-ring (bicyclic) bond motifs is 1. The molecule has 1 fully saturated rings. The van der Waals surface area contributed by atoms with Crippen molar-refractivity contribution in [2.24, 2.45) is 0 Å². The molecule has 0 bridgehead atoms. The zero-order valence-electron chi connectivity index (χ0n) is 20.6. The second-order valence-electron chi connectivity index (χ2n) is 10.1. The van der Waals surface area contributed by atoms with Gasteiger partial charge in [0.15, 0.2) is 25.3 Å². The highest BCUT2D eigenvalue weighted by Gasteiger charge is 2.42. The average molecular weight is 498 g/mol. The number of ether oxygens (including phenoxy) is 2. The Morgan fingerprint density at radius 2 is 1.97 bits per heavy atom. The third-order valence-corrected chi connectivity index (χ3v) is 11.3. The van der Waals surface area contributed by atoms with Crippen molar-refractivity contribution in [2.45, 2.75) is 63.8 Å². The molecule has 4 rings (SSSR count). The number of imidazole rings is 1. The summed E-state index contributed by atoms with van der Waals surface area (Å²) in [5.41, 5.74) is 1.45. The number of carbonyl (C=O) groups excluding carboxylic acids is 2. The predicted octanol–water partition coefficient (Wildman–Crippen LogP) is 3.93. The fourth-order valence-corrected chi connectivity index (χ4v) is 4.68. The molecule has 3 atom stereocenters. The molecule has 0 unspecified atom stereocenters. The van der Waals surface area contributed by atoms with Crippen LogP contribution >= 0.6 is 0 Å². The molecule has 10 nitrogen and oxygen atoms in total. The Balaban J connectivity index is 1.53. The van der Waals surface area contributed by atoms with Crippen molar-refractivity contribution in [3.63, 3.8) is 0 Å².